The van der Waals surface area contributed by atoms with Crippen molar-refractivity contribution in [2.75, 3.05) is 19.6 Å². The summed E-state index contributed by atoms with van der Waals surface area (Å²) in [6.07, 6.45) is 3.69. The average molecular weight is 350 g/mol. The summed E-state index contributed by atoms with van der Waals surface area (Å²) in [4.78, 5) is 6.63. The van der Waals surface area contributed by atoms with Gasteiger partial charge in [0.2, 0.25) is 0 Å². The molecule has 5 heteroatoms. The van der Waals surface area contributed by atoms with Crippen LogP contribution in [0.3, 0.4) is 0 Å². The van der Waals surface area contributed by atoms with E-state index in [1.54, 1.807) is 6.20 Å². The molecule has 0 bridgehead atoms. The van der Waals surface area contributed by atoms with Crippen LogP contribution in [0.5, 0.6) is 0 Å². The van der Waals surface area contributed by atoms with E-state index in [2.05, 4.69) is 37.2 Å². The summed E-state index contributed by atoms with van der Waals surface area (Å²) >= 11 is 3.46. The van der Waals surface area contributed by atoms with Gasteiger partial charge in [-0.3, -0.25) is 9.88 Å². The smallest absolute Gasteiger partial charge is 0.123 e. The Balaban J connectivity index is 1.79. The minimum atomic E-state index is -0.190. The Morgan fingerprint density at radius 2 is 2.10 bits per heavy atom. The molecule has 1 N–H and O–H groups in total. The van der Waals surface area contributed by atoms with Gasteiger partial charge in [-0.1, -0.05) is 12.1 Å². The van der Waals surface area contributed by atoms with Crippen molar-refractivity contribution in [3.05, 3.63) is 64.1 Å². The molecule has 3 nitrogen and oxygen atoms in total. The molecule has 1 aromatic carbocycles. The van der Waals surface area contributed by atoms with Crippen LogP contribution in [0.2, 0.25) is 0 Å². The van der Waals surface area contributed by atoms with E-state index < -0.39 is 0 Å². The van der Waals surface area contributed by atoms with Gasteiger partial charge < -0.3 is 5.32 Å². The van der Waals surface area contributed by atoms with Gasteiger partial charge in [-0.25, -0.2) is 4.39 Å². The highest BCUT2D eigenvalue weighted by Crippen LogP contribution is 2.24. The van der Waals surface area contributed by atoms with E-state index in [1.165, 1.54) is 17.7 Å². The molecule has 1 unspecified atom stereocenters. The molecule has 0 aliphatic carbocycles. The Hall–Kier alpha value is -1.30. The van der Waals surface area contributed by atoms with Gasteiger partial charge in [0, 0.05) is 49.1 Å². The number of nitrogens with zero attached hydrogens (tertiary/aromatic N) is 2. The fourth-order valence-corrected chi connectivity index (χ4v) is 3.14. The number of hydrogen-bond donors (Lipinski definition) is 1. The standard InChI is InChI=1S/C16H17BrFN3/c17-14-7-12(8-20-9-14)11-21-6-5-19-10-16(21)13-1-3-15(18)4-2-13/h1-4,7-9,16,19H,5-6,10-11H2. The van der Waals surface area contributed by atoms with E-state index in [0.29, 0.717) is 0 Å². The zero-order valence-corrected chi connectivity index (χ0v) is 13.2. The van der Waals surface area contributed by atoms with Crippen molar-refractivity contribution >= 4 is 15.9 Å². The van der Waals surface area contributed by atoms with Crippen molar-refractivity contribution in [3.8, 4) is 0 Å². The summed E-state index contributed by atoms with van der Waals surface area (Å²) in [5, 5.41) is 3.41. The van der Waals surface area contributed by atoms with E-state index in [9.17, 15) is 4.39 Å². The maximum atomic E-state index is 13.1. The first-order valence-corrected chi connectivity index (χ1v) is 7.81. The van der Waals surface area contributed by atoms with Gasteiger partial charge in [-0.05, 0) is 45.3 Å². The van der Waals surface area contributed by atoms with Crippen molar-refractivity contribution in [2.45, 2.75) is 12.6 Å². The third-order valence-electron chi connectivity index (χ3n) is 3.76. The Morgan fingerprint density at radius 3 is 2.86 bits per heavy atom. The van der Waals surface area contributed by atoms with Gasteiger partial charge in [0.1, 0.15) is 5.82 Å². The van der Waals surface area contributed by atoms with Crippen LogP contribution in [0, 0.1) is 5.82 Å². The number of halogens is 2. The quantitative estimate of drug-likeness (QED) is 0.922. The van der Waals surface area contributed by atoms with Crippen molar-refractivity contribution in [2.24, 2.45) is 0 Å². The van der Waals surface area contributed by atoms with Crippen molar-refractivity contribution in [1.82, 2.24) is 15.2 Å². The zero-order valence-electron chi connectivity index (χ0n) is 11.6. The molecule has 2 aromatic rings. The van der Waals surface area contributed by atoms with E-state index in [-0.39, 0.29) is 11.9 Å². The van der Waals surface area contributed by atoms with Crippen LogP contribution in [-0.4, -0.2) is 29.5 Å². The van der Waals surface area contributed by atoms with E-state index in [0.717, 1.165) is 36.2 Å². The van der Waals surface area contributed by atoms with Gasteiger partial charge in [-0.15, -0.1) is 0 Å². The predicted octanol–water partition coefficient (Wildman–Crippen LogP) is 3.13. The molecule has 1 atom stereocenters. The second-order valence-corrected chi connectivity index (χ2v) is 6.17. The summed E-state index contributed by atoms with van der Waals surface area (Å²) in [6.45, 7) is 3.66. The van der Waals surface area contributed by atoms with Crippen molar-refractivity contribution in [1.29, 1.82) is 0 Å². The topological polar surface area (TPSA) is 28.2 Å². The Labute approximate surface area is 132 Å². The molecule has 0 amide bonds. The van der Waals surface area contributed by atoms with Gasteiger partial charge >= 0.3 is 0 Å². The number of piperazine rings is 1. The van der Waals surface area contributed by atoms with Crippen LogP contribution in [0.25, 0.3) is 0 Å². The van der Waals surface area contributed by atoms with Crippen LogP contribution < -0.4 is 5.32 Å². The number of rotatable bonds is 3. The highest BCUT2D eigenvalue weighted by Gasteiger charge is 2.23. The van der Waals surface area contributed by atoms with Gasteiger partial charge in [-0.2, -0.15) is 0 Å². The second-order valence-electron chi connectivity index (χ2n) is 5.25. The Kier molecular flexibility index (Phi) is 4.63. The largest absolute Gasteiger partial charge is 0.314 e. The van der Waals surface area contributed by atoms with Crippen LogP contribution in [-0.2, 0) is 6.54 Å². The summed E-state index contributed by atoms with van der Waals surface area (Å²) < 4.78 is 14.1. The fourth-order valence-electron chi connectivity index (χ4n) is 2.73. The third kappa shape index (κ3) is 3.67. The summed E-state index contributed by atoms with van der Waals surface area (Å²) in [7, 11) is 0. The lowest BCUT2D eigenvalue weighted by Gasteiger charge is -2.36. The molecule has 1 aromatic heterocycles. The molecule has 3 rings (SSSR count). The molecule has 110 valence electrons. The predicted molar refractivity (Wildman–Crippen MR) is 84.4 cm³/mol. The highest BCUT2D eigenvalue weighted by molar-refractivity contribution is 9.10. The van der Waals surface area contributed by atoms with Crippen LogP contribution in [0.15, 0.2) is 47.2 Å². The number of pyridine rings is 1. The lowest BCUT2D eigenvalue weighted by molar-refractivity contribution is 0.153. The molecule has 0 spiro atoms. The molecule has 1 aliphatic heterocycles. The van der Waals surface area contributed by atoms with Gasteiger partial charge in [0.15, 0.2) is 0 Å². The number of benzene rings is 1. The first-order valence-electron chi connectivity index (χ1n) is 7.02. The van der Waals surface area contributed by atoms with E-state index >= 15 is 0 Å². The molecule has 0 radical (unpaired) electrons. The lowest BCUT2D eigenvalue weighted by atomic mass is 10.0. The molecule has 21 heavy (non-hydrogen) atoms. The number of aromatic nitrogens is 1. The summed E-state index contributed by atoms with van der Waals surface area (Å²) in [5.74, 6) is -0.190. The SMILES string of the molecule is Fc1ccc(C2CNCCN2Cc2cncc(Br)c2)cc1. The van der Waals surface area contributed by atoms with Crippen molar-refractivity contribution < 1.29 is 4.39 Å². The van der Waals surface area contributed by atoms with Gasteiger partial charge in [0.25, 0.3) is 0 Å². The first kappa shape index (κ1) is 14.6. The third-order valence-corrected chi connectivity index (χ3v) is 4.19. The van der Waals surface area contributed by atoms with Crippen LogP contribution in [0.1, 0.15) is 17.2 Å². The Morgan fingerprint density at radius 1 is 1.29 bits per heavy atom. The first-order chi connectivity index (χ1) is 10.2. The van der Waals surface area contributed by atoms with Crippen LogP contribution >= 0.6 is 15.9 Å². The minimum absolute atomic E-state index is 0.190. The van der Waals surface area contributed by atoms with Crippen LogP contribution in [0.4, 0.5) is 4.39 Å². The lowest BCUT2D eigenvalue weighted by Crippen LogP contribution is -2.45. The highest BCUT2D eigenvalue weighted by atomic mass is 79.9. The molecule has 1 fully saturated rings. The molecule has 2 heterocycles. The van der Waals surface area contributed by atoms with Gasteiger partial charge in [0.05, 0.1) is 0 Å². The maximum absolute atomic E-state index is 13.1. The zero-order chi connectivity index (χ0) is 14.7. The fraction of sp³-hybridized carbons (Fsp3) is 0.312. The monoisotopic (exact) mass is 349 g/mol. The van der Waals surface area contributed by atoms with Crippen molar-refractivity contribution in [3.63, 3.8) is 0 Å². The maximum Gasteiger partial charge on any atom is 0.123 e. The molecular weight excluding hydrogens is 333 g/mol. The molecular formula is C16H17BrFN3. The number of nitrogens with one attached hydrogen (secondary N) is 1. The Bertz CT molecular complexity index is 603. The minimum Gasteiger partial charge on any atom is -0.314 e. The van der Waals surface area contributed by atoms with E-state index in [4.69, 9.17) is 0 Å². The second kappa shape index (κ2) is 6.64. The average Bonchev–Trinajstić information content (AvgIpc) is 2.49. The summed E-state index contributed by atoms with van der Waals surface area (Å²) in [5.41, 5.74) is 2.32. The number of hydrogen-bond acceptors (Lipinski definition) is 3. The van der Waals surface area contributed by atoms with E-state index in [1.807, 2.05) is 18.3 Å². The summed E-state index contributed by atoms with van der Waals surface area (Å²) in [6, 6.07) is 9.17. The normalized spacial score (nSPS) is 19.6. The molecule has 1 saturated heterocycles. The molecule has 1 aliphatic rings. The molecule has 0 saturated carbocycles.